The van der Waals surface area contributed by atoms with Crippen molar-refractivity contribution in [1.82, 2.24) is 0 Å². The minimum absolute atomic E-state index is 0.0915. The SMILES string of the molecule is CSc1ccc(OC(C)C)c(C=O)c1. The molecule has 0 radical (unpaired) electrons. The van der Waals surface area contributed by atoms with Crippen molar-refractivity contribution in [3.8, 4) is 5.75 Å². The van der Waals surface area contributed by atoms with Crippen molar-refractivity contribution < 1.29 is 9.53 Å². The minimum atomic E-state index is 0.0915. The molecule has 0 aromatic heterocycles. The van der Waals surface area contributed by atoms with Gasteiger partial charge >= 0.3 is 0 Å². The van der Waals surface area contributed by atoms with E-state index in [1.165, 1.54) is 0 Å². The molecule has 0 aliphatic carbocycles. The van der Waals surface area contributed by atoms with Crippen LogP contribution in [0.1, 0.15) is 24.2 Å². The summed E-state index contributed by atoms with van der Waals surface area (Å²) in [6, 6.07) is 5.64. The lowest BCUT2D eigenvalue weighted by Gasteiger charge is -2.12. The van der Waals surface area contributed by atoms with Crippen LogP contribution < -0.4 is 4.74 Å². The van der Waals surface area contributed by atoms with Crippen molar-refractivity contribution in [3.05, 3.63) is 23.8 Å². The van der Waals surface area contributed by atoms with Gasteiger partial charge in [-0.05, 0) is 38.3 Å². The molecule has 14 heavy (non-hydrogen) atoms. The first-order valence-corrected chi connectivity index (χ1v) is 5.69. The molecule has 1 aromatic rings. The molecule has 0 aliphatic rings. The van der Waals surface area contributed by atoms with Crippen LogP contribution in [0.15, 0.2) is 23.1 Å². The topological polar surface area (TPSA) is 26.3 Å². The summed E-state index contributed by atoms with van der Waals surface area (Å²) in [5.41, 5.74) is 0.616. The standard InChI is InChI=1S/C11H14O2S/c1-8(2)13-11-5-4-10(14-3)6-9(11)7-12/h4-8H,1-3H3. The van der Waals surface area contributed by atoms with E-state index in [-0.39, 0.29) is 6.10 Å². The van der Waals surface area contributed by atoms with Crippen LogP contribution in [0.2, 0.25) is 0 Å². The Morgan fingerprint density at radius 2 is 2.14 bits per heavy atom. The van der Waals surface area contributed by atoms with E-state index >= 15 is 0 Å². The molecular formula is C11H14O2S. The third kappa shape index (κ3) is 2.77. The van der Waals surface area contributed by atoms with Crippen molar-refractivity contribution >= 4 is 18.0 Å². The van der Waals surface area contributed by atoms with Gasteiger partial charge in [-0.3, -0.25) is 4.79 Å². The van der Waals surface area contributed by atoms with Crippen LogP contribution in [-0.2, 0) is 0 Å². The summed E-state index contributed by atoms with van der Waals surface area (Å²) in [5.74, 6) is 0.660. The van der Waals surface area contributed by atoms with Crippen molar-refractivity contribution in [2.75, 3.05) is 6.26 Å². The molecule has 0 unspecified atom stereocenters. The van der Waals surface area contributed by atoms with Gasteiger partial charge in [0.1, 0.15) is 5.75 Å². The normalized spacial score (nSPS) is 10.3. The summed E-state index contributed by atoms with van der Waals surface area (Å²) in [6.07, 6.45) is 2.90. The van der Waals surface area contributed by atoms with E-state index in [0.717, 1.165) is 11.2 Å². The number of benzene rings is 1. The van der Waals surface area contributed by atoms with Crippen molar-refractivity contribution in [1.29, 1.82) is 0 Å². The third-order valence-corrected chi connectivity index (χ3v) is 2.43. The highest BCUT2D eigenvalue weighted by Crippen LogP contribution is 2.24. The molecule has 2 nitrogen and oxygen atoms in total. The van der Waals surface area contributed by atoms with Gasteiger partial charge in [0.05, 0.1) is 11.7 Å². The lowest BCUT2D eigenvalue weighted by molar-refractivity contribution is 0.111. The molecule has 0 saturated heterocycles. The summed E-state index contributed by atoms with van der Waals surface area (Å²) in [6.45, 7) is 3.88. The van der Waals surface area contributed by atoms with E-state index in [2.05, 4.69) is 0 Å². The summed E-state index contributed by atoms with van der Waals surface area (Å²) in [5, 5.41) is 0. The summed E-state index contributed by atoms with van der Waals surface area (Å²) < 4.78 is 5.50. The predicted molar refractivity (Wildman–Crippen MR) is 59.4 cm³/mol. The highest BCUT2D eigenvalue weighted by Gasteiger charge is 2.05. The predicted octanol–water partition coefficient (Wildman–Crippen LogP) is 3.01. The van der Waals surface area contributed by atoms with Crippen LogP contribution in [0.4, 0.5) is 0 Å². The van der Waals surface area contributed by atoms with Crippen LogP contribution in [0.3, 0.4) is 0 Å². The van der Waals surface area contributed by atoms with E-state index in [4.69, 9.17) is 4.74 Å². The van der Waals surface area contributed by atoms with Crippen molar-refractivity contribution in [3.63, 3.8) is 0 Å². The van der Waals surface area contributed by atoms with Crippen LogP contribution in [0.25, 0.3) is 0 Å². The van der Waals surface area contributed by atoms with Crippen LogP contribution in [-0.4, -0.2) is 18.6 Å². The monoisotopic (exact) mass is 210 g/mol. The zero-order chi connectivity index (χ0) is 10.6. The number of hydrogen-bond donors (Lipinski definition) is 0. The molecule has 0 fully saturated rings. The quantitative estimate of drug-likeness (QED) is 0.564. The van der Waals surface area contributed by atoms with Gasteiger partial charge in [-0.2, -0.15) is 0 Å². The Kier molecular flexibility index (Phi) is 4.01. The number of rotatable bonds is 4. The average Bonchev–Trinajstić information content (AvgIpc) is 2.17. The molecule has 76 valence electrons. The highest BCUT2D eigenvalue weighted by molar-refractivity contribution is 7.98. The second-order valence-corrected chi connectivity index (χ2v) is 4.07. The first kappa shape index (κ1) is 11.1. The molecule has 1 rings (SSSR count). The van der Waals surface area contributed by atoms with Crippen LogP contribution in [0, 0.1) is 0 Å². The second kappa shape index (κ2) is 5.05. The Bertz CT molecular complexity index is 321. The molecule has 0 aliphatic heterocycles. The number of thioether (sulfide) groups is 1. The fourth-order valence-electron chi connectivity index (χ4n) is 1.11. The summed E-state index contributed by atoms with van der Waals surface area (Å²) >= 11 is 1.61. The first-order chi connectivity index (χ1) is 6.67. The van der Waals surface area contributed by atoms with Gasteiger partial charge in [0.25, 0.3) is 0 Å². The lowest BCUT2D eigenvalue weighted by Crippen LogP contribution is -2.07. The van der Waals surface area contributed by atoms with Gasteiger partial charge in [-0.15, -0.1) is 11.8 Å². The van der Waals surface area contributed by atoms with Crippen molar-refractivity contribution in [2.45, 2.75) is 24.8 Å². The summed E-state index contributed by atoms with van der Waals surface area (Å²) in [4.78, 5) is 11.9. The van der Waals surface area contributed by atoms with Crippen molar-refractivity contribution in [2.24, 2.45) is 0 Å². The van der Waals surface area contributed by atoms with Gasteiger partial charge in [0.15, 0.2) is 6.29 Å². The lowest BCUT2D eigenvalue weighted by atomic mass is 10.2. The number of aldehydes is 1. The van der Waals surface area contributed by atoms with E-state index in [1.54, 1.807) is 11.8 Å². The average molecular weight is 210 g/mol. The van der Waals surface area contributed by atoms with Gasteiger partial charge in [0.2, 0.25) is 0 Å². The molecule has 1 aromatic carbocycles. The molecule has 3 heteroatoms. The molecule has 0 atom stereocenters. The maximum atomic E-state index is 10.8. The van der Waals surface area contributed by atoms with Gasteiger partial charge < -0.3 is 4.74 Å². The Balaban J connectivity index is 2.99. The molecule has 0 spiro atoms. The molecule has 0 amide bonds. The third-order valence-electron chi connectivity index (χ3n) is 1.71. The van der Waals surface area contributed by atoms with E-state index < -0.39 is 0 Å². The van der Waals surface area contributed by atoms with Gasteiger partial charge in [0, 0.05) is 4.90 Å². The largest absolute Gasteiger partial charge is 0.490 e. The smallest absolute Gasteiger partial charge is 0.153 e. The van der Waals surface area contributed by atoms with E-state index in [1.807, 2.05) is 38.3 Å². The maximum absolute atomic E-state index is 10.8. The second-order valence-electron chi connectivity index (χ2n) is 3.19. The Hall–Kier alpha value is -0.960. The fourth-order valence-corrected chi connectivity index (χ4v) is 1.56. The van der Waals surface area contributed by atoms with Crippen LogP contribution in [0.5, 0.6) is 5.75 Å². The summed E-state index contributed by atoms with van der Waals surface area (Å²) in [7, 11) is 0. The Morgan fingerprint density at radius 3 is 2.64 bits per heavy atom. The number of carbonyl (C=O) groups is 1. The Morgan fingerprint density at radius 1 is 1.43 bits per heavy atom. The van der Waals surface area contributed by atoms with Gasteiger partial charge in [-0.1, -0.05) is 0 Å². The molecule has 0 bridgehead atoms. The Labute approximate surface area is 88.7 Å². The van der Waals surface area contributed by atoms with Crippen LogP contribution >= 0.6 is 11.8 Å². The first-order valence-electron chi connectivity index (χ1n) is 4.47. The number of carbonyl (C=O) groups excluding carboxylic acids is 1. The molecular weight excluding hydrogens is 196 g/mol. The zero-order valence-corrected chi connectivity index (χ0v) is 9.43. The molecule has 0 heterocycles. The number of hydrogen-bond acceptors (Lipinski definition) is 3. The number of ether oxygens (including phenoxy) is 1. The molecule has 0 N–H and O–H groups in total. The molecule has 0 saturated carbocycles. The zero-order valence-electron chi connectivity index (χ0n) is 8.61. The fraction of sp³-hybridized carbons (Fsp3) is 0.364. The maximum Gasteiger partial charge on any atom is 0.153 e. The minimum Gasteiger partial charge on any atom is -0.490 e. The highest BCUT2D eigenvalue weighted by atomic mass is 32.2. The van der Waals surface area contributed by atoms with E-state index in [9.17, 15) is 4.79 Å². The van der Waals surface area contributed by atoms with E-state index in [0.29, 0.717) is 11.3 Å². The van der Waals surface area contributed by atoms with Gasteiger partial charge in [-0.25, -0.2) is 0 Å².